The van der Waals surface area contributed by atoms with Gasteiger partial charge in [-0.2, -0.15) is 0 Å². The predicted octanol–water partition coefficient (Wildman–Crippen LogP) is 2.84. The molecule has 0 aliphatic carbocycles. The van der Waals surface area contributed by atoms with E-state index in [4.69, 9.17) is 0 Å². The van der Waals surface area contributed by atoms with Crippen LogP contribution in [0.25, 0.3) is 10.8 Å². The van der Waals surface area contributed by atoms with E-state index in [0.717, 1.165) is 0 Å². The number of hydrogen-bond donors (Lipinski definition) is 0. The van der Waals surface area contributed by atoms with Gasteiger partial charge < -0.3 is 0 Å². The molecule has 0 aromatic heterocycles. The molecule has 0 aliphatic heterocycles. The molecule has 48 valence electrons. The molecule has 10 heavy (non-hydrogen) atoms. The van der Waals surface area contributed by atoms with Crippen molar-refractivity contribution in [3.05, 3.63) is 48.5 Å². The monoisotopic (exact) mass is 129 g/mol. The molecule has 0 unspecified atom stereocenters. The van der Waals surface area contributed by atoms with Crippen LogP contribution in [0.3, 0.4) is 0 Å². The van der Waals surface area contributed by atoms with Gasteiger partial charge in [0.2, 0.25) is 0 Å². The fourth-order valence-electron chi connectivity index (χ4n) is 1.13. The van der Waals surface area contributed by atoms with Gasteiger partial charge in [-0.05, 0) is 10.8 Å². The summed E-state index contributed by atoms with van der Waals surface area (Å²) in [4.78, 5) is 0. The van der Waals surface area contributed by atoms with Crippen LogP contribution in [-0.4, -0.2) is 0 Å². The topological polar surface area (TPSA) is 0 Å². The minimum Gasteiger partial charge on any atom is -0.0616 e. The SMILES string of the molecule is c1ccc2[13cH]cccc2c1. The maximum Gasteiger partial charge on any atom is -0.0184 e. The fourth-order valence-corrected chi connectivity index (χ4v) is 1.13. The molecule has 0 heterocycles. The van der Waals surface area contributed by atoms with E-state index in [1.807, 2.05) is 0 Å². The van der Waals surface area contributed by atoms with E-state index in [2.05, 4.69) is 48.5 Å². The van der Waals surface area contributed by atoms with Gasteiger partial charge in [-0.3, -0.25) is 0 Å². The van der Waals surface area contributed by atoms with Crippen molar-refractivity contribution in [3.63, 3.8) is 0 Å². The zero-order valence-corrected chi connectivity index (χ0v) is 5.62. The summed E-state index contributed by atoms with van der Waals surface area (Å²) >= 11 is 0. The molecular weight excluding hydrogens is 121 g/mol. The van der Waals surface area contributed by atoms with E-state index in [-0.39, 0.29) is 0 Å². The second-order valence-corrected chi connectivity index (χ2v) is 2.35. The molecule has 2 rings (SSSR count). The van der Waals surface area contributed by atoms with Gasteiger partial charge >= 0.3 is 0 Å². The normalized spacial score (nSPS) is 10.0. The van der Waals surface area contributed by atoms with Crippen LogP contribution in [-0.2, 0) is 0 Å². The molecule has 0 radical (unpaired) electrons. The molecule has 0 heteroatoms. The Morgan fingerprint density at radius 2 is 0.800 bits per heavy atom. The molecule has 2 aromatic carbocycles. The summed E-state index contributed by atoms with van der Waals surface area (Å²) in [5, 5.41) is 2.62. The van der Waals surface area contributed by atoms with Gasteiger partial charge in [0, 0.05) is 0 Å². The first-order valence-corrected chi connectivity index (χ1v) is 3.40. The van der Waals surface area contributed by atoms with Crippen molar-refractivity contribution in [2.75, 3.05) is 0 Å². The van der Waals surface area contributed by atoms with E-state index in [1.54, 1.807) is 0 Å². The molecule has 0 saturated carbocycles. The lowest BCUT2D eigenvalue weighted by Gasteiger charge is -1.92. The molecule has 0 fully saturated rings. The molecule has 0 nitrogen and oxygen atoms in total. The largest absolute Gasteiger partial charge is 0.0616 e. The molecule has 0 spiro atoms. The van der Waals surface area contributed by atoms with Crippen LogP contribution in [0.1, 0.15) is 0 Å². The highest BCUT2D eigenvalue weighted by Gasteiger charge is 1.85. The van der Waals surface area contributed by atoms with E-state index in [1.165, 1.54) is 10.8 Å². The molecule has 0 N–H and O–H groups in total. The Bertz CT molecular complexity index is 271. The van der Waals surface area contributed by atoms with Gasteiger partial charge in [-0.1, -0.05) is 48.5 Å². The highest BCUT2D eigenvalue weighted by Crippen LogP contribution is 2.11. The summed E-state index contributed by atoms with van der Waals surface area (Å²) in [7, 11) is 0. The lowest BCUT2D eigenvalue weighted by atomic mass is 10.2. The summed E-state index contributed by atoms with van der Waals surface area (Å²) in [6, 6.07) is 16.7. The molecule has 0 atom stereocenters. The minimum atomic E-state index is 1.31. The van der Waals surface area contributed by atoms with Crippen molar-refractivity contribution in [1.82, 2.24) is 0 Å². The van der Waals surface area contributed by atoms with Crippen LogP contribution < -0.4 is 0 Å². The summed E-state index contributed by atoms with van der Waals surface area (Å²) < 4.78 is 0. The van der Waals surface area contributed by atoms with Crippen molar-refractivity contribution >= 4 is 10.8 Å². The van der Waals surface area contributed by atoms with E-state index >= 15 is 0 Å². The molecule has 0 aliphatic rings. The van der Waals surface area contributed by atoms with Gasteiger partial charge in [0.1, 0.15) is 0 Å². The molecule has 0 bridgehead atoms. The van der Waals surface area contributed by atoms with Gasteiger partial charge in [0.15, 0.2) is 0 Å². The van der Waals surface area contributed by atoms with Crippen LogP contribution in [0.2, 0.25) is 0 Å². The first-order chi connectivity index (χ1) is 4.97. The molecule has 2 aromatic rings. The molecular formula is C10H8. The average Bonchev–Trinajstić information content (AvgIpc) is 2.05. The zero-order valence-electron chi connectivity index (χ0n) is 5.62. The van der Waals surface area contributed by atoms with Crippen LogP contribution in [0.15, 0.2) is 48.5 Å². The number of hydrogen-bond acceptors (Lipinski definition) is 0. The lowest BCUT2D eigenvalue weighted by Crippen LogP contribution is -1.67. The van der Waals surface area contributed by atoms with Crippen molar-refractivity contribution in [1.29, 1.82) is 0 Å². The Balaban J connectivity index is 2.89. The fraction of sp³-hybridized carbons (Fsp3) is 0. The Morgan fingerprint density at radius 1 is 0.500 bits per heavy atom. The first kappa shape index (κ1) is 5.48. The van der Waals surface area contributed by atoms with Gasteiger partial charge in [0.05, 0.1) is 0 Å². The first-order valence-electron chi connectivity index (χ1n) is 3.40. The highest BCUT2D eigenvalue weighted by atomic mass is 14.1. The van der Waals surface area contributed by atoms with Crippen molar-refractivity contribution in [2.24, 2.45) is 0 Å². The second kappa shape index (κ2) is 2.14. The molecule has 0 amide bonds. The van der Waals surface area contributed by atoms with E-state index in [0.29, 0.717) is 0 Å². The summed E-state index contributed by atoms with van der Waals surface area (Å²) in [6.45, 7) is 0. The van der Waals surface area contributed by atoms with Crippen LogP contribution >= 0.6 is 0 Å². The van der Waals surface area contributed by atoms with Gasteiger partial charge in [0.25, 0.3) is 0 Å². The lowest BCUT2D eigenvalue weighted by molar-refractivity contribution is 1.75. The Labute approximate surface area is 60.1 Å². The average molecular weight is 129 g/mol. The van der Waals surface area contributed by atoms with Crippen molar-refractivity contribution in [2.45, 2.75) is 0 Å². The highest BCUT2D eigenvalue weighted by molar-refractivity contribution is 5.81. The Kier molecular flexibility index (Phi) is 1.17. The molecule has 0 saturated heterocycles. The zero-order chi connectivity index (χ0) is 6.81. The minimum absolute atomic E-state index is 1.31. The Morgan fingerprint density at radius 3 is 1.10 bits per heavy atom. The second-order valence-electron chi connectivity index (χ2n) is 2.35. The Hall–Kier alpha value is -1.30. The maximum absolute atomic E-state index is 2.12. The van der Waals surface area contributed by atoms with Crippen LogP contribution in [0.5, 0.6) is 0 Å². The number of fused-ring (bicyclic) bond motifs is 1. The third-order valence-electron chi connectivity index (χ3n) is 1.66. The third kappa shape index (κ3) is 0.781. The van der Waals surface area contributed by atoms with E-state index < -0.39 is 0 Å². The number of benzene rings is 2. The smallest absolute Gasteiger partial charge is 0.0184 e. The maximum atomic E-state index is 2.12. The van der Waals surface area contributed by atoms with Crippen molar-refractivity contribution < 1.29 is 0 Å². The van der Waals surface area contributed by atoms with Gasteiger partial charge in [-0.15, -0.1) is 0 Å². The third-order valence-corrected chi connectivity index (χ3v) is 1.66. The van der Waals surface area contributed by atoms with Gasteiger partial charge in [-0.25, -0.2) is 0 Å². The summed E-state index contributed by atoms with van der Waals surface area (Å²) in [5.41, 5.74) is 0. The predicted molar refractivity (Wildman–Crippen MR) is 43.9 cm³/mol. The standard InChI is InChI=1S/C10H8/c1-2-6-10-8-4-3-7-9(10)5-1/h1-8H/i5+1. The van der Waals surface area contributed by atoms with E-state index in [9.17, 15) is 0 Å². The number of rotatable bonds is 0. The van der Waals surface area contributed by atoms with Crippen molar-refractivity contribution in [3.8, 4) is 0 Å². The van der Waals surface area contributed by atoms with Crippen LogP contribution in [0, 0.1) is 0 Å². The summed E-state index contributed by atoms with van der Waals surface area (Å²) in [5.74, 6) is 0. The quantitative estimate of drug-likeness (QED) is 0.513. The van der Waals surface area contributed by atoms with Crippen LogP contribution in [0.4, 0.5) is 0 Å². The summed E-state index contributed by atoms with van der Waals surface area (Å²) in [6.07, 6.45) is 0.